The monoisotopic (exact) mass is 226 g/mol. The molecule has 7 heteroatoms. The van der Waals surface area contributed by atoms with Gasteiger partial charge in [0.1, 0.15) is 11.9 Å². The predicted octanol–water partition coefficient (Wildman–Crippen LogP) is 1.19. The van der Waals surface area contributed by atoms with Crippen molar-refractivity contribution >= 4 is 22.1 Å². The van der Waals surface area contributed by atoms with Gasteiger partial charge in [0.15, 0.2) is 0 Å². The molecule has 0 aliphatic carbocycles. The fourth-order valence-electron chi connectivity index (χ4n) is 1.45. The van der Waals surface area contributed by atoms with Crippen LogP contribution in [0.15, 0.2) is 11.6 Å². The van der Waals surface area contributed by atoms with Gasteiger partial charge in [0.25, 0.3) is 4.96 Å². The minimum Gasteiger partial charge on any atom is -0.358 e. The molecule has 80 valence electrons. The third-order valence-corrected chi connectivity index (χ3v) is 2.75. The van der Waals surface area contributed by atoms with Crippen LogP contribution in [-0.2, 0) is 6.42 Å². The van der Waals surface area contributed by atoms with Gasteiger partial charge in [-0.05, 0) is 11.8 Å². The van der Waals surface area contributed by atoms with Crippen molar-refractivity contribution in [2.75, 3.05) is 0 Å². The van der Waals surface area contributed by atoms with Crippen LogP contribution in [0.4, 0.5) is 5.82 Å². The van der Waals surface area contributed by atoms with Gasteiger partial charge in [-0.25, -0.2) is 0 Å². The predicted molar refractivity (Wildman–Crippen MR) is 57.1 cm³/mol. The first-order valence-corrected chi connectivity index (χ1v) is 5.32. The highest BCUT2D eigenvalue weighted by molar-refractivity contribution is 7.15. The molecular formula is C8H10N4O2S. The highest BCUT2D eigenvalue weighted by Gasteiger charge is 2.23. The molecule has 0 amide bonds. The highest BCUT2D eigenvalue weighted by Crippen LogP contribution is 2.24. The van der Waals surface area contributed by atoms with Gasteiger partial charge in [0.2, 0.25) is 0 Å². The maximum absolute atomic E-state index is 10.9. The Kier molecular flexibility index (Phi) is 2.41. The van der Waals surface area contributed by atoms with E-state index in [1.54, 1.807) is 18.5 Å². The third kappa shape index (κ3) is 1.71. The van der Waals surface area contributed by atoms with E-state index in [2.05, 4.69) is 4.98 Å². The Morgan fingerprint density at radius 3 is 3.13 bits per heavy atom. The Balaban J connectivity index is 2.57. The summed E-state index contributed by atoms with van der Waals surface area (Å²) in [6.45, 7) is 1.80. The van der Waals surface area contributed by atoms with Crippen molar-refractivity contribution in [3.05, 3.63) is 27.4 Å². The molecule has 15 heavy (non-hydrogen) atoms. The molecule has 0 saturated heterocycles. The van der Waals surface area contributed by atoms with E-state index in [-0.39, 0.29) is 11.9 Å². The summed E-state index contributed by atoms with van der Waals surface area (Å²) in [5, 5.41) is 12.7. The van der Waals surface area contributed by atoms with Crippen LogP contribution in [-0.4, -0.2) is 20.3 Å². The fourth-order valence-corrected chi connectivity index (χ4v) is 2.18. The summed E-state index contributed by atoms with van der Waals surface area (Å²) in [6.07, 6.45) is 2.07. The molecule has 1 atom stereocenters. The van der Waals surface area contributed by atoms with Gasteiger partial charge in [0.05, 0.1) is 0 Å². The summed E-state index contributed by atoms with van der Waals surface area (Å²) >= 11 is 1.37. The van der Waals surface area contributed by atoms with Crippen LogP contribution in [0.1, 0.15) is 12.6 Å². The van der Waals surface area contributed by atoms with Gasteiger partial charge in [-0.3, -0.25) is 0 Å². The van der Waals surface area contributed by atoms with Crippen molar-refractivity contribution in [2.45, 2.75) is 19.4 Å². The largest absolute Gasteiger partial charge is 0.358 e. The van der Waals surface area contributed by atoms with Crippen molar-refractivity contribution in [2.24, 2.45) is 5.73 Å². The van der Waals surface area contributed by atoms with E-state index in [9.17, 15) is 10.1 Å². The van der Waals surface area contributed by atoms with E-state index in [0.717, 1.165) is 0 Å². The maximum atomic E-state index is 10.9. The quantitative estimate of drug-likeness (QED) is 0.629. The van der Waals surface area contributed by atoms with Gasteiger partial charge in [-0.15, -0.1) is 0 Å². The summed E-state index contributed by atoms with van der Waals surface area (Å²) < 4.78 is 1.49. The molecule has 0 spiro atoms. The van der Waals surface area contributed by atoms with E-state index in [4.69, 9.17) is 5.73 Å². The lowest BCUT2D eigenvalue weighted by Crippen LogP contribution is -2.18. The maximum Gasteiger partial charge on any atom is 0.351 e. The molecule has 0 aliphatic heterocycles. The highest BCUT2D eigenvalue weighted by atomic mass is 32.1. The average Bonchev–Trinajstić information content (AvgIpc) is 2.60. The van der Waals surface area contributed by atoms with Crippen molar-refractivity contribution in [3.8, 4) is 0 Å². The number of imidazole rings is 1. The zero-order chi connectivity index (χ0) is 11.0. The minimum absolute atomic E-state index is 0.0311. The van der Waals surface area contributed by atoms with Crippen LogP contribution in [0.3, 0.4) is 0 Å². The van der Waals surface area contributed by atoms with Gasteiger partial charge < -0.3 is 15.8 Å². The summed E-state index contributed by atoms with van der Waals surface area (Å²) in [5.41, 5.74) is 6.08. The molecule has 0 radical (unpaired) electrons. The smallest absolute Gasteiger partial charge is 0.351 e. The third-order valence-electron chi connectivity index (χ3n) is 1.99. The average molecular weight is 226 g/mol. The van der Waals surface area contributed by atoms with Crippen molar-refractivity contribution in [1.29, 1.82) is 0 Å². The van der Waals surface area contributed by atoms with Crippen molar-refractivity contribution in [3.63, 3.8) is 0 Å². The second-order valence-electron chi connectivity index (χ2n) is 3.38. The lowest BCUT2D eigenvalue weighted by Gasteiger charge is -2.01. The molecule has 2 heterocycles. The van der Waals surface area contributed by atoms with Crippen LogP contribution < -0.4 is 5.73 Å². The first-order valence-electron chi connectivity index (χ1n) is 4.44. The molecule has 2 rings (SSSR count). The Morgan fingerprint density at radius 1 is 1.80 bits per heavy atom. The topological polar surface area (TPSA) is 86.5 Å². The van der Waals surface area contributed by atoms with Gasteiger partial charge in [-0.2, -0.15) is 9.38 Å². The summed E-state index contributed by atoms with van der Waals surface area (Å²) in [7, 11) is 0. The first kappa shape index (κ1) is 10.1. The zero-order valence-electron chi connectivity index (χ0n) is 8.08. The van der Waals surface area contributed by atoms with E-state index >= 15 is 0 Å². The molecule has 2 aromatic rings. The number of hydrogen-bond acceptors (Lipinski definition) is 5. The Morgan fingerprint density at radius 2 is 2.53 bits per heavy atom. The number of nitrogens with zero attached hydrogens (tertiary/aromatic N) is 3. The van der Waals surface area contributed by atoms with E-state index in [1.165, 1.54) is 15.7 Å². The SMILES string of the molecule is CC(N)Cc1nc2sccn2c1[N+](=O)[O-]. The molecule has 2 aromatic heterocycles. The van der Waals surface area contributed by atoms with Gasteiger partial charge in [-0.1, -0.05) is 11.3 Å². The van der Waals surface area contributed by atoms with Crippen LogP contribution in [0.25, 0.3) is 4.96 Å². The Labute approximate surface area is 89.5 Å². The molecule has 0 saturated carbocycles. The van der Waals surface area contributed by atoms with Crippen molar-refractivity contribution < 1.29 is 4.92 Å². The van der Waals surface area contributed by atoms with E-state index in [0.29, 0.717) is 17.1 Å². The lowest BCUT2D eigenvalue weighted by atomic mass is 10.2. The van der Waals surface area contributed by atoms with Crippen molar-refractivity contribution in [1.82, 2.24) is 9.38 Å². The molecule has 2 N–H and O–H groups in total. The van der Waals surface area contributed by atoms with Crippen LogP contribution in [0.2, 0.25) is 0 Å². The number of hydrogen-bond donors (Lipinski definition) is 1. The standard InChI is InChI=1S/C8H10N4O2S/c1-5(9)4-6-7(12(13)14)11-2-3-15-8(11)10-6/h2-3,5H,4,9H2,1H3. The Bertz CT molecular complexity index is 502. The number of nitro groups is 1. The molecule has 1 unspecified atom stereocenters. The lowest BCUT2D eigenvalue weighted by molar-refractivity contribution is -0.391. The molecule has 0 fully saturated rings. The van der Waals surface area contributed by atoms with Gasteiger partial charge >= 0.3 is 5.82 Å². The van der Waals surface area contributed by atoms with Crippen LogP contribution in [0, 0.1) is 10.1 Å². The normalized spacial score (nSPS) is 13.2. The second-order valence-corrected chi connectivity index (χ2v) is 4.25. The van der Waals surface area contributed by atoms with E-state index in [1.807, 2.05) is 0 Å². The number of thiazole rings is 1. The van der Waals surface area contributed by atoms with Crippen LogP contribution >= 0.6 is 11.3 Å². The summed E-state index contributed by atoms with van der Waals surface area (Å²) in [4.78, 5) is 15.3. The second kappa shape index (κ2) is 3.59. The fraction of sp³-hybridized carbons (Fsp3) is 0.375. The summed E-state index contributed by atoms with van der Waals surface area (Å²) in [6, 6.07) is -0.131. The molecule has 0 aliphatic rings. The molecule has 0 aromatic carbocycles. The van der Waals surface area contributed by atoms with Crippen LogP contribution in [0.5, 0.6) is 0 Å². The number of aromatic nitrogens is 2. The molecule has 0 bridgehead atoms. The summed E-state index contributed by atoms with van der Waals surface area (Å²) in [5.74, 6) is 0.0311. The Hall–Kier alpha value is -1.47. The minimum atomic E-state index is -0.412. The number of rotatable bonds is 3. The zero-order valence-corrected chi connectivity index (χ0v) is 8.90. The van der Waals surface area contributed by atoms with Gasteiger partial charge in [0, 0.05) is 17.8 Å². The number of nitrogens with two attached hydrogens (primary N) is 1. The number of fused-ring (bicyclic) bond motifs is 1. The van der Waals surface area contributed by atoms with E-state index < -0.39 is 4.92 Å². The molecule has 6 nitrogen and oxygen atoms in total. The first-order chi connectivity index (χ1) is 7.09. The molecular weight excluding hydrogens is 216 g/mol.